The molecule has 1 atom stereocenters. The average molecular weight is 282 g/mol. The quantitative estimate of drug-likeness (QED) is 0.937. The maximum absolute atomic E-state index is 4.41. The molecule has 0 amide bonds. The van der Waals surface area contributed by atoms with Crippen LogP contribution < -0.4 is 5.32 Å². The number of rotatable bonds is 3. The molecular weight excluding hydrogens is 266 g/mol. The molecule has 1 aromatic carbocycles. The first-order valence-electron chi connectivity index (χ1n) is 5.40. The molecule has 0 saturated heterocycles. The molecule has 86 valence electrons. The fourth-order valence-electron chi connectivity index (χ4n) is 1.80. The third kappa shape index (κ3) is 2.13. The SMILES string of the molecule is CNC(C)Cc1ccc2nn(C)c(Br)c2c1. The second kappa shape index (κ2) is 4.55. The lowest BCUT2D eigenvalue weighted by molar-refractivity contribution is 0.609. The van der Waals surface area contributed by atoms with Crippen LogP contribution in [0.5, 0.6) is 0 Å². The highest BCUT2D eigenvalue weighted by atomic mass is 79.9. The van der Waals surface area contributed by atoms with Crippen LogP contribution in [0.3, 0.4) is 0 Å². The molecule has 0 spiro atoms. The van der Waals surface area contributed by atoms with E-state index >= 15 is 0 Å². The summed E-state index contributed by atoms with van der Waals surface area (Å²) in [6.07, 6.45) is 1.04. The van der Waals surface area contributed by atoms with Gasteiger partial charge in [0, 0.05) is 18.5 Å². The van der Waals surface area contributed by atoms with E-state index in [0.717, 1.165) is 16.5 Å². The van der Waals surface area contributed by atoms with Gasteiger partial charge in [-0.05, 0) is 54.0 Å². The monoisotopic (exact) mass is 281 g/mol. The van der Waals surface area contributed by atoms with E-state index < -0.39 is 0 Å². The lowest BCUT2D eigenvalue weighted by atomic mass is 10.1. The molecule has 1 aromatic heterocycles. The minimum atomic E-state index is 0.493. The first-order valence-corrected chi connectivity index (χ1v) is 6.19. The Morgan fingerprint density at radius 2 is 2.25 bits per heavy atom. The van der Waals surface area contributed by atoms with Crippen LogP contribution in [0.4, 0.5) is 0 Å². The van der Waals surface area contributed by atoms with Crippen molar-refractivity contribution in [2.24, 2.45) is 7.05 Å². The van der Waals surface area contributed by atoms with Crippen molar-refractivity contribution < 1.29 is 0 Å². The topological polar surface area (TPSA) is 29.9 Å². The number of nitrogens with zero attached hydrogens (tertiary/aromatic N) is 2. The lowest BCUT2D eigenvalue weighted by Crippen LogP contribution is -2.23. The Bertz CT molecular complexity index is 504. The zero-order valence-electron chi connectivity index (χ0n) is 9.79. The van der Waals surface area contributed by atoms with Crippen molar-refractivity contribution in [1.82, 2.24) is 15.1 Å². The number of hydrogen-bond acceptors (Lipinski definition) is 2. The Morgan fingerprint density at radius 3 is 2.94 bits per heavy atom. The van der Waals surface area contributed by atoms with Crippen molar-refractivity contribution in [1.29, 1.82) is 0 Å². The Balaban J connectivity index is 2.39. The number of aromatic nitrogens is 2. The Morgan fingerprint density at radius 1 is 1.50 bits per heavy atom. The predicted octanol–water partition coefficient (Wildman–Crippen LogP) is 2.49. The summed E-state index contributed by atoms with van der Waals surface area (Å²) in [4.78, 5) is 0. The molecule has 0 aliphatic carbocycles. The fourth-order valence-corrected chi connectivity index (χ4v) is 2.19. The van der Waals surface area contributed by atoms with Crippen molar-refractivity contribution in [3.8, 4) is 0 Å². The summed E-state index contributed by atoms with van der Waals surface area (Å²) in [5.74, 6) is 0. The van der Waals surface area contributed by atoms with E-state index in [0.29, 0.717) is 6.04 Å². The number of benzene rings is 1. The number of fused-ring (bicyclic) bond motifs is 1. The Kier molecular flexibility index (Phi) is 3.30. The van der Waals surface area contributed by atoms with Crippen LogP contribution in [0.15, 0.2) is 22.8 Å². The van der Waals surface area contributed by atoms with Crippen LogP contribution in [0.2, 0.25) is 0 Å². The molecule has 2 aromatic rings. The van der Waals surface area contributed by atoms with Gasteiger partial charge in [-0.15, -0.1) is 0 Å². The normalized spacial score (nSPS) is 13.2. The molecule has 0 saturated carbocycles. The van der Waals surface area contributed by atoms with E-state index in [1.165, 1.54) is 10.9 Å². The molecule has 0 radical (unpaired) electrons. The fraction of sp³-hybridized carbons (Fsp3) is 0.417. The summed E-state index contributed by atoms with van der Waals surface area (Å²) in [6.45, 7) is 2.18. The molecule has 3 nitrogen and oxygen atoms in total. The van der Waals surface area contributed by atoms with Crippen molar-refractivity contribution in [2.45, 2.75) is 19.4 Å². The minimum absolute atomic E-state index is 0.493. The summed E-state index contributed by atoms with van der Waals surface area (Å²) in [7, 11) is 3.93. The van der Waals surface area contributed by atoms with Gasteiger partial charge in [0.15, 0.2) is 0 Å². The lowest BCUT2D eigenvalue weighted by Gasteiger charge is -2.09. The number of hydrogen-bond donors (Lipinski definition) is 1. The van der Waals surface area contributed by atoms with Gasteiger partial charge in [0.2, 0.25) is 0 Å². The molecule has 0 fully saturated rings. The van der Waals surface area contributed by atoms with Gasteiger partial charge in [-0.1, -0.05) is 6.07 Å². The number of nitrogens with one attached hydrogen (secondary N) is 1. The van der Waals surface area contributed by atoms with E-state index in [4.69, 9.17) is 0 Å². The predicted molar refractivity (Wildman–Crippen MR) is 70.6 cm³/mol. The van der Waals surface area contributed by atoms with Gasteiger partial charge < -0.3 is 5.32 Å². The average Bonchev–Trinajstić information content (AvgIpc) is 2.55. The minimum Gasteiger partial charge on any atom is -0.317 e. The van der Waals surface area contributed by atoms with Crippen LogP contribution in [0, 0.1) is 0 Å². The zero-order chi connectivity index (χ0) is 11.7. The molecular formula is C12H16BrN3. The largest absolute Gasteiger partial charge is 0.317 e. The number of likely N-dealkylation sites (N-methyl/N-ethyl adjacent to an activating group) is 1. The van der Waals surface area contributed by atoms with Crippen LogP contribution in [0.25, 0.3) is 10.9 Å². The molecule has 0 aliphatic heterocycles. The number of aryl methyl sites for hydroxylation is 1. The van der Waals surface area contributed by atoms with Crippen LogP contribution in [0.1, 0.15) is 12.5 Å². The van der Waals surface area contributed by atoms with Gasteiger partial charge in [-0.25, -0.2) is 0 Å². The molecule has 16 heavy (non-hydrogen) atoms. The van der Waals surface area contributed by atoms with Gasteiger partial charge in [-0.3, -0.25) is 4.68 Å². The Hall–Kier alpha value is -0.870. The van der Waals surface area contributed by atoms with Crippen molar-refractivity contribution in [2.75, 3.05) is 7.05 Å². The standard InChI is InChI=1S/C12H16BrN3/c1-8(14-2)6-9-4-5-11-10(7-9)12(13)16(3)15-11/h4-5,7-8,14H,6H2,1-3H3. The molecule has 0 aliphatic rings. The maximum atomic E-state index is 4.41. The summed E-state index contributed by atoms with van der Waals surface area (Å²) >= 11 is 3.55. The van der Waals surface area contributed by atoms with Gasteiger partial charge in [-0.2, -0.15) is 5.10 Å². The van der Waals surface area contributed by atoms with Gasteiger partial charge in [0.25, 0.3) is 0 Å². The molecule has 1 N–H and O–H groups in total. The van der Waals surface area contributed by atoms with Crippen molar-refractivity contribution in [3.63, 3.8) is 0 Å². The summed E-state index contributed by atoms with van der Waals surface area (Å²) in [5.41, 5.74) is 2.37. The van der Waals surface area contributed by atoms with Crippen molar-refractivity contribution >= 4 is 26.8 Å². The second-order valence-electron chi connectivity index (χ2n) is 4.16. The first-order chi connectivity index (χ1) is 7.61. The smallest absolute Gasteiger partial charge is 0.111 e. The summed E-state index contributed by atoms with van der Waals surface area (Å²) in [5, 5.41) is 8.84. The highest BCUT2D eigenvalue weighted by Crippen LogP contribution is 2.24. The summed E-state index contributed by atoms with van der Waals surface area (Å²) < 4.78 is 2.90. The third-order valence-electron chi connectivity index (χ3n) is 2.86. The van der Waals surface area contributed by atoms with Crippen LogP contribution in [-0.4, -0.2) is 22.9 Å². The highest BCUT2D eigenvalue weighted by Gasteiger charge is 2.08. The first kappa shape index (κ1) is 11.6. The zero-order valence-corrected chi connectivity index (χ0v) is 11.4. The van der Waals surface area contributed by atoms with E-state index in [9.17, 15) is 0 Å². The molecule has 2 rings (SSSR count). The number of halogens is 1. The van der Waals surface area contributed by atoms with Crippen molar-refractivity contribution in [3.05, 3.63) is 28.4 Å². The van der Waals surface area contributed by atoms with Crippen LogP contribution in [-0.2, 0) is 13.5 Å². The van der Waals surface area contributed by atoms with Gasteiger partial charge >= 0.3 is 0 Å². The molecule has 4 heteroatoms. The second-order valence-corrected chi connectivity index (χ2v) is 4.91. The maximum Gasteiger partial charge on any atom is 0.111 e. The van der Waals surface area contributed by atoms with Gasteiger partial charge in [0.1, 0.15) is 4.60 Å². The van der Waals surface area contributed by atoms with Crippen LogP contribution >= 0.6 is 15.9 Å². The van der Waals surface area contributed by atoms with E-state index in [2.05, 4.69) is 51.5 Å². The molecule has 1 heterocycles. The summed E-state index contributed by atoms with van der Waals surface area (Å²) in [6, 6.07) is 6.93. The molecule has 0 bridgehead atoms. The van der Waals surface area contributed by atoms with E-state index in [1.807, 2.05) is 18.8 Å². The highest BCUT2D eigenvalue weighted by molar-refractivity contribution is 9.10. The van der Waals surface area contributed by atoms with Gasteiger partial charge in [0.05, 0.1) is 5.52 Å². The Labute approximate surface area is 104 Å². The van der Waals surface area contributed by atoms with E-state index in [-0.39, 0.29) is 0 Å². The molecule has 1 unspecified atom stereocenters. The third-order valence-corrected chi connectivity index (χ3v) is 3.80. The van der Waals surface area contributed by atoms with E-state index in [1.54, 1.807) is 0 Å².